The first kappa shape index (κ1) is 22.5. The van der Waals surface area contributed by atoms with E-state index in [2.05, 4.69) is 9.97 Å². The zero-order valence-corrected chi connectivity index (χ0v) is 19.4. The number of hydrogen-bond acceptors (Lipinski definition) is 6. The number of nitrogens with zero attached hydrogens (tertiary/aromatic N) is 3. The fourth-order valence-electron chi connectivity index (χ4n) is 3.36. The highest BCUT2D eigenvalue weighted by atomic mass is 35.5. The van der Waals surface area contributed by atoms with Crippen molar-refractivity contribution in [2.75, 3.05) is 6.61 Å². The molecule has 2 aromatic heterocycles. The maximum Gasteiger partial charge on any atom is 0.262 e. The van der Waals surface area contributed by atoms with Gasteiger partial charge in [0, 0.05) is 18.2 Å². The standard InChI is InChI=1S/C23H23ClN4O3S/c1-14(2)31-11-5-10-28-22(30)17-6-3-4-7-18(17)26-23(28)32-13-20-25-19-12-15(24)8-9-16(19)21(29)27-20/h3-4,6-9,12,14H,5,10-11,13H2,1-2H3,(H,25,27,29). The second kappa shape index (κ2) is 9.85. The second-order valence-corrected chi connectivity index (χ2v) is 8.98. The summed E-state index contributed by atoms with van der Waals surface area (Å²) in [5.74, 6) is 0.845. The molecule has 0 saturated carbocycles. The molecule has 4 aromatic rings. The van der Waals surface area contributed by atoms with Crippen LogP contribution in [0.2, 0.25) is 5.02 Å². The van der Waals surface area contributed by atoms with Gasteiger partial charge in [-0.1, -0.05) is 35.5 Å². The summed E-state index contributed by atoms with van der Waals surface area (Å²) in [6, 6.07) is 12.3. The smallest absolute Gasteiger partial charge is 0.262 e. The molecule has 32 heavy (non-hydrogen) atoms. The van der Waals surface area contributed by atoms with Crippen LogP contribution in [0.4, 0.5) is 0 Å². The minimum absolute atomic E-state index is 0.0885. The summed E-state index contributed by atoms with van der Waals surface area (Å²) in [4.78, 5) is 37.6. The number of aromatic nitrogens is 4. The third kappa shape index (κ3) is 5.03. The SMILES string of the molecule is CC(C)OCCCn1c(SCc2nc3cc(Cl)ccc3c(=O)[nH]2)nc2ccccc2c1=O. The number of thioether (sulfide) groups is 1. The molecule has 4 rings (SSSR count). The Morgan fingerprint density at radius 1 is 1.09 bits per heavy atom. The van der Waals surface area contributed by atoms with Gasteiger partial charge >= 0.3 is 0 Å². The monoisotopic (exact) mass is 470 g/mol. The van der Waals surface area contributed by atoms with Gasteiger partial charge in [0.15, 0.2) is 5.16 Å². The lowest BCUT2D eigenvalue weighted by Crippen LogP contribution is -2.24. The number of hydrogen-bond donors (Lipinski definition) is 1. The van der Waals surface area contributed by atoms with Gasteiger partial charge in [-0.3, -0.25) is 14.2 Å². The summed E-state index contributed by atoms with van der Waals surface area (Å²) in [7, 11) is 0. The molecule has 0 aliphatic carbocycles. The molecule has 2 aromatic carbocycles. The Morgan fingerprint density at radius 3 is 2.72 bits per heavy atom. The van der Waals surface area contributed by atoms with Crippen LogP contribution in [0, 0.1) is 0 Å². The number of fused-ring (bicyclic) bond motifs is 2. The lowest BCUT2D eigenvalue weighted by molar-refractivity contribution is 0.0743. The van der Waals surface area contributed by atoms with E-state index >= 15 is 0 Å². The van der Waals surface area contributed by atoms with Crippen LogP contribution in [0.5, 0.6) is 0 Å². The molecule has 0 atom stereocenters. The number of para-hydroxylation sites is 1. The number of H-pyrrole nitrogens is 1. The van der Waals surface area contributed by atoms with E-state index in [1.54, 1.807) is 28.8 Å². The highest BCUT2D eigenvalue weighted by Gasteiger charge is 2.13. The van der Waals surface area contributed by atoms with Gasteiger partial charge in [0.05, 0.1) is 33.7 Å². The molecule has 0 fully saturated rings. The van der Waals surface area contributed by atoms with E-state index < -0.39 is 0 Å². The summed E-state index contributed by atoms with van der Waals surface area (Å²) in [5.41, 5.74) is 0.860. The molecule has 0 spiro atoms. The lowest BCUT2D eigenvalue weighted by atomic mass is 10.2. The average Bonchev–Trinajstić information content (AvgIpc) is 2.76. The van der Waals surface area contributed by atoms with Crippen molar-refractivity contribution in [3.8, 4) is 0 Å². The first-order valence-electron chi connectivity index (χ1n) is 10.3. The Hall–Kier alpha value is -2.68. The van der Waals surface area contributed by atoms with Gasteiger partial charge < -0.3 is 9.72 Å². The van der Waals surface area contributed by atoms with Crippen molar-refractivity contribution in [1.82, 2.24) is 19.5 Å². The van der Waals surface area contributed by atoms with Crippen LogP contribution in [0.1, 0.15) is 26.1 Å². The van der Waals surface area contributed by atoms with Crippen LogP contribution >= 0.6 is 23.4 Å². The second-order valence-electron chi connectivity index (χ2n) is 7.60. The molecule has 166 valence electrons. The zero-order chi connectivity index (χ0) is 22.7. The van der Waals surface area contributed by atoms with Crippen molar-refractivity contribution in [3.05, 3.63) is 74.0 Å². The Balaban J connectivity index is 1.64. The van der Waals surface area contributed by atoms with E-state index in [9.17, 15) is 9.59 Å². The minimum Gasteiger partial charge on any atom is -0.379 e. The summed E-state index contributed by atoms with van der Waals surface area (Å²) < 4.78 is 7.29. The predicted octanol–water partition coefficient (Wildman–Crippen LogP) is 4.39. The molecule has 9 heteroatoms. The Bertz CT molecular complexity index is 1380. The maximum absolute atomic E-state index is 13.1. The molecule has 0 amide bonds. The highest BCUT2D eigenvalue weighted by molar-refractivity contribution is 7.98. The topological polar surface area (TPSA) is 89.9 Å². The first-order valence-corrected chi connectivity index (χ1v) is 11.7. The van der Waals surface area contributed by atoms with Gasteiger partial charge in [0.25, 0.3) is 11.1 Å². The van der Waals surface area contributed by atoms with Gasteiger partial charge in [0.2, 0.25) is 0 Å². The van der Waals surface area contributed by atoms with Gasteiger partial charge in [-0.15, -0.1) is 0 Å². The fraction of sp³-hybridized carbons (Fsp3) is 0.304. The van der Waals surface area contributed by atoms with E-state index in [4.69, 9.17) is 21.3 Å². The van der Waals surface area contributed by atoms with E-state index in [0.717, 1.165) is 0 Å². The third-order valence-corrected chi connectivity index (χ3v) is 6.08. The number of nitrogens with one attached hydrogen (secondary N) is 1. The van der Waals surface area contributed by atoms with Crippen LogP contribution in [0.3, 0.4) is 0 Å². The molecule has 0 unspecified atom stereocenters. The lowest BCUT2D eigenvalue weighted by Gasteiger charge is -2.14. The Morgan fingerprint density at radius 2 is 1.91 bits per heavy atom. The summed E-state index contributed by atoms with van der Waals surface area (Å²) in [6.07, 6.45) is 0.828. The van der Waals surface area contributed by atoms with Crippen LogP contribution in [-0.4, -0.2) is 32.2 Å². The van der Waals surface area contributed by atoms with Crippen LogP contribution in [-0.2, 0) is 17.0 Å². The number of benzene rings is 2. The largest absolute Gasteiger partial charge is 0.379 e. The summed E-state index contributed by atoms with van der Waals surface area (Å²) >= 11 is 7.41. The molecule has 0 aliphatic rings. The average molecular weight is 471 g/mol. The van der Waals surface area contributed by atoms with E-state index in [1.807, 2.05) is 32.0 Å². The third-order valence-electron chi connectivity index (χ3n) is 4.86. The van der Waals surface area contributed by atoms with Crippen molar-refractivity contribution in [2.45, 2.75) is 43.8 Å². The normalized spacial score (nSPS) is 11.6. The van der Waals surface area contributed by atoms with Crippen molar-refractivity contribution in [3.63, 3.8) is 0 Å². The maximum atomic E-state index is 13.1. The number of aromatic amines is 1. The summed E-state index contributed by atoms with van der Waals surface area (Å²) in [5, 5.41) is 2.15. The number of halogens is 1. The van der Waals surface area contributed by atoms with Crippen LogP contribution < -0.4 is 11.1 Å². The predicted molar refractivity (Wildman–Crippen MR) is 129 cm³/mol. The van der Waals surface area contributed by atoms with Crippen molar-refractivity contribution in [1.29, 1.82) is 0 Å². The van der Waals surface area contributed by atoms with Gasteiger partial charge in [-0.25, -0.2) is 9.97 Å². The molecule has 0 aliphatic heterocycles. The van der Waals surface area contributed by atoms with E-state index in [-0.39, 0.29) is 17.2 Å². The quantitative estimate of drug-likeness (QED) is 0.233. The Kier molecular flexibility index (Phi) is 6.93. The first-order chi connectivity index (χ1) is 15.4. The molecule has 7 nitrogen and oxygen atoms in total. The zero-order valence-electron chi connectivity index (χ0n) is 17.8. The molecule has 0 radical (unpaired) electrons. The minimum atomic E-state index is -0.225. The van der Waals surface area contributed by atoms with Crippen molar-refractivity contribution >= 4 is 45.2 Å². The summed E-state index contributed by atoms with van der Waals surface area (Å²) in [6.45, 7) is 5.01. The molecule has 0 bridgehead atoms. The number of rotatable bonds is 8. The Labute approximate surface area is 193 Å². The van der Waals surface area contributed by atoms with Crippen LogP contribution in [0.25, 0.3) is 21.8 Å². The molecule has 0 saturated heterocycles. The van der Waals surface area contributed by atoms with E-state index in [0.29, 0.717) is 63.1 Å². The fourth-order valence-corrected chi connectivity index (χ4v) is 4.42. The van der Waals surface area contributed by atoms with Crippen LogP contribution in [0.15, 0.2) is 57.2 Å². The van der Waals surface area contributed by atoms with Crippen molar-refractivity contribution < 1.29 is 4.74 Å². The molecular formula is C23H23ClN4O3S. The van der Waals surface area contributed by atoms with Gasteiger partial charge in [0.1, 0.15) is 5.82 Å². The molecule has 1 N–H and O–H groups in total. The molecular weight excluding hydrogens is 448 g/mol. The highest BCUT2D eigenvalue weighted by Crippen LogP contribution is 2.22. The molecule has 2 heterocycles. The van der Waals surface area contributed by atoms with E-state index in [1.165, 1.54) is 11.8 Å². The van der Waals surface area contributed by atoms with Gasteiger partial charge in [-0.2, -0.15) is 0 Å². The van der Waals surface area contributed by atoms with Crippen molar-refractivity contribution in [2.24, 2.45) is 0 Å². The number of ether oxygens (including phenoxy) is 1. The van der Waals surface area contributed by atoms with Gasteiger partial charge in [-0.05, 0) is 50.6 Å².